The highest BCUT2D eigenvalue weighted by molar-refractivity contribution is 6.42. The Balaban J connectivity index is 2.11. The molecule has 0 amide bonds. The van der Waals surface area contributed by atoms with Crippen LogP contribution < -0.4 is 0 Å². The summed E-state index contributed by atoms with van der Waals surface area (Å²) in [6, 6.07) is 10.2. The normalized spacial score (nSPS) is 12.8. The SMILES string of the molecule is Cc1cc2ncn(C(C)c3ccc(Cl)c(Cl)c3)c2cc1C. The van der Waals surface area contributed by atoms with Gasteiger partial charge >= 0.3 is 0 Å². The van der Waals surface area contributed by atoms with Gasteiger partial charge in [0.05, 0.1) is 33.4 Å². The van der Waals surface area contributed by atoms with E-state index in [0.29, 0.717) is 10.0 Å². The van der Waals surface area contributed by atoms with Crippen LogP contribution in [0, 0.1) is 13.8 Å². The van der Waals surface area contributed by atoms with E-state index in [-0.39, 0.29) is 6.04 Å². The van der Waals surface area contributed by atoms with Crippen molar-refractivity contribution < 1.29 is 0 Å². The van der Waals surface area contributed by atoms with E-state index in [4.69, 9.17) is 23.2 Å². The van der Waals surface area contributed by atoms with Gasteiger partial charge in [-0.2, -0.15) is 0 Å². The first kappa shape index (κ1) is 14.4. The van der Waals surface area contributed by atoms with Gasteiger partial charge in [-0.3, -0.25) is 0 Å². The summed E-state index contributed by atoms with van der Waals surface area (Å²) >= 11 is 12.1. The predicted molar refractivity (Wildman–Crippen MR) is 89.5 cm³/mol. The highest BCUT2D eigenvalue weighted by atomic mass is 35.5. The molecule has 0 spiro atoms. The summed E-state index contributed by atoms with van der Waals surface area (Å²) in [5.41, 5.74) is 5.80. The number of imidazole rings is 1. The molecule has 0 aliphatic rings. The third-order valence-electron chi connectivity index (χ3n) is 4.03. The zero-order valence-electron chi connectivity index (χ0n) is 12.2. The minimum atomic E-state index is 0.145. The number of aryl methyl sites for hydroxylation is 2. The van der Waals surface area contributed by atoms with Crippen molar-refractivity contribution >= 4 is 34.2 Å². The van der Waals surface area contributed by atoms with E-state index < -0.39 is 0 Å². The molecule has 0 saturated heterocycles. The monoisotopic (exact) mass is 318 g/mol. The zero-order chi connectivity index (χ0) is 15.1. The number of rotatable bonds is 2. The number of fused-ring (bicyclic) bond motifs is 1. The summed E-state index contributed by atoms with van der Waals surface area (Å²) in [6.45, 7) is 6.36. The molecule has 1 atom stereocenters. The Morgan fingerprint density at radius 2 is 1.71 bits per heavy atom. The van der Waals surface area contributed by atoms with Gasteiger partial charge in [0.25, 0.3) is 0 Å². The van der Waals surface area contributed by atoms with Crippen LogP contribution in [0.15, 0.2) is 36.7 Å². The molecule has 0 N–H and O–H groups in total. The van der Waals surface area contributed by atoms with Crippen LogP contribution in [0.5, 0.6) is 0 Å². The average molecular weight is 319 g/mol. The maximum atomic E-state index is 6.13. The molecule has 1 aromatic heterocycles. The van der Waals surface area contributed by atoms with E-state index in [1.165, 1.54) is 11.1 Å². The smallest absolute Gasteiger partial charge is 0.0964 e. The number of benzene rings is 2. The highest BCUT2D eigenvalue weighted by Gasteiger charge is 2.13. The van der Waals surface area contributed by atoms with Crippen molar-refractivity contribution in [3.8, 4) is 0 Å². The van der Waals surface area contributed by atoms with Crippen molar-refractivity contribution in [1.82, 2.24) is 9.55 Å². The van der Waals surface area contributed by atoms with Crippen molar-refractivity contribution in [3.63, 3.8) is 0 Å². The van der Waals surface area contributed by atoms with Crippen molar-refractivity contribution in [2.24, 2.45) is 0 Å². The van der Waals surface area contributed by atoms with Crippen molar-refractivity contribution in [2.45, 2.75) is 26.8 Å². The predicted octanol–water partition coefficient (Wildman–Crippen LogP) is 5.57. The summed E-state index contributed by atoms with van der Waals surface area (Å²) in [5.74, 6) is 0. The van der Waals surface area contributed by atoms with Gasteiger partial charge in [0.2, 0.25) is 0 Å². The second kappa shape index (κ2) is 5.36. The molecule has 0 fully saturated rings. The lowest BCUT2D eigenvalue weighted by atomic mass is 10.1. The molecule has 108 valence electrons. The van der Waals surface area contributed by atoms with E-state index in [0.717, 1.165) is 16.6 Å². The molecule has 4 heteroatoms. The van der Waals surface area contributed by atoms with Crippen LogP contribution in [0.4, 0.5) is 0 Å². The first-order valence-electron chi connectivity index (χ1n) is 6.86. The molecule has 1 unspecified atom stereocenters. The van der Waals surface area contributed by atoms with Gasteiger partial charge in [0, 0.05) is 0 Å². The first-order chi connectivity index (χ1) is 9.97. The lowest BCUT2D eigenvalue weighted by Crippen LogP contribution is -2.05. The lowest BCUT2D eigenvalue weighted by Gasteiger charge is -2.16. The van der Waals surface area contributed by atoms with Crippen LogP contribution in [0.25, 0.3) is 11.0 Å². The molecule has 3 aromatic rings. The second-order valence-corrected chi connectivity index (χ2v) is 6.24. The molecule has 1 heterocycles. The molecule has 0 bridgehead atoms. The molecule has 3 rings (SSSR count). The average Bonchev–Trinajstić information content (AvgIpc) is 2.84. The molecular formula is C17H16Cl2N2. The van der Waals surface area contributed by atoms with Gasteiger partial charge in [-0.1, -0.05) is 29.3 Å². The number of nitrogens with zero attached hydrogens (tertiary/aromatic N) is 2. The van der Waals surface area contributed by atoms with E-state index in [1.807, 2.05) is 24.5 Å². The second-order valence-electron chi connectivity index (χ2n) is 5.43. The maximum absolute atomic E-state index is 6.13. The van der Waals surface area contributed by atoms with Crippen LogP contribution in [0.3, 0.4) is 0 Å². The van der Waals surface area contributed by atoms with Crippen LogP contribution in [-0.2, 0) is 0 Å². The van der Waals surface area contributed by atoms with Crippen LogP contribution >= 0.6 is 23.2 Å². The highest BCUT2D eigenvalue weighted by Crippen LogP contribution is 2.29. The number of hydrogen-bond acceptors (Lipinski definition) is 1. The van der Waals surface area contributed by atoms with Gasteiger partial charge in [-0.25, -0.2) is 4.98 Å². The van der Waals surface area contributed by atoms with Crippen LogP contribution in [-0.4, -0.2) is 9.55 Å². The number of halogens is 2. The summed E-state index contributed by atoms with van der Waals surface area (Å²) in [5, 5.41) is 1.16. The topological polar surface area (TPSA) is 17.8 Å². The Morgan fingerprint density at radius 1 is 1.00 bits per heavy atom. The van der Waals surface area contributed by atoms with Crippen molar-refractivity contribution in [3.05, 3.63) is 63.4 Å². The van der Waals surface area contributed by atoms with E-state index >= 15 is 0 Å². The quantitative estimate of drug-likeness (QED) is 0.604. The molecule has 2 aromatic carbocycles. The van der Waals surface area contributed by atoms with Crippen molar-refractivity contribution in [2.75, 3.05) is 0 Å². The van der Waals surface area contributed by atoms with E-state index in [2.05, 4.69) is 42.5 Å². The van der Waals surface area contributed by atoms with Crippen LogP contribution in [0.1, 0.15) is 29.7 Å². The Labute approximate surface area is 134 Å². The molecular weight excluding hydrogens is 303 g/mol. The minimum Gasteiger partial charge on any atom is -0.323 e. The minimum absolute atomic E-state index is 0.145. The van der Waals surface area contributed by atoms with Gasteiger partial charge in [-0.15, -0.1) is 0 Å². The van der Waals surface area contributed by atoms with Gasteiger partial charge < -0.3 is 4.57 Å². The summed E-state index contributed by atoms with van der Waals surface area (Å²) in [7, 11) is 0. The molecule has 0 radical (unpaired) electrons. The van der Waals surface area contributed by atoms with E-state index in [9.17, 15) is 0 Å². The van der Waals surface area contributed by atoms with Gasteiger partial charge in [-0.05, 0) is 61.7 Å². The fourth-order valence-electron chi connectivity index (χ4n) is 2.52. The lowest BCUT2D eigenvalue weighted by molar-refractivity contribution is 0.658. The largest absolute Gasteiger partial charge is 0.323 e. The maximum Gasteiger partial charge on any atom is 0.0964 e. The molecule has 0 aliphatic carbocycles. The summed E-state index contributed by atoms with van der Waals surface area (Å²) in [4.78, 5) is 4.51. The number of hydrogen-bond donors (Lipinski definition) is 0. The van der Waals surface area contributed by atoms with Crippen molar-refractivity contribution in [1.29, 1.82) is 0 Å². The molecule has 21 heavy (non-hydrogen) atoms. The fourth-order valence-corrected chi connectivity index (χ4v) is 2.83. The summed E-state index contributed by atoms with van der Waals surface area (Å²) in [6.07, 6.45) is 1.89. The van der Waals surface area contributed by atoms with Gasteiger partial charge in [0.1, 0.15) is 0 Å². The third-order valence-corrected chi connectivity index (χ3v) is 4.77. The Morgan fingerprint density at radius 3 is 2.43 bits per heavy atom. The summed E-state index contributed by atoms with van der Waals surface area (Å²) < 4.78 is 2.17. The molecule has 0 saturated carbocycles. The Hall–Kier alpha value is -1.51. The van der Waals surface area contributed by atoms with E-state index in [1.54, 1.807) is 0 Å². The molecule has 0 aliphatic heterocycles. The molecule has 2 nitrogen and oxygen atoms in total. The Bertz CT molecular complexity index is 821. The zero-order valence-corrected chi connectivity index (χ0v) is 13.7. The van der Waals surface area contributed by atoms with Gasteiger partial charge in [0.15, 0.2) is 0 Å². The fraction of sp³-hybridized carbons (Fsp3) is 0.235. The standard InChI is InChI=1S/C17H16Cl2N2/c1-10-6-16-17(7-11(10)2)21(9-20-16)12(3)13-4-5-14(18)15(19)8-13/h4-9,12H,1-3H3. The third kappa shape index (κ3) is 2.54. The van der Waals surface area contributed by atoms with Crippen LogP contribution in [0.2, 0.25) is 10.0 Å². The Kier molecular flexibility index (Phi) is 3.68. The number of aromatic nitrogens is 2. The first-order valence-corrected chi connectivity index (χ1v) is 7.61.